The zero-order valence-electron chi connectivity index (χ0n) is 28.1. The van der Waals surface area contributed by atoms with Crippen LogP contribution in [-0.2, 0) is 4.79 Å². The largest absolute Gasteiger partial charge is 0.349 e. The van der Waals surface area contributed by atoms with E-state index in [1.54, 1.807) is 0 Å². The summed E-state index contributed by atoms with van der Waals surface area (Å²) < 4.78 is 14.9. The predicted molar refractivity (Wildman–Crippen MR) is 180 cm³/mol. The number of nitrogens with two attached hydrogens (primary N) is 2. The minimum absolute atomic E-state index is 0.00311. The van der Waals surface area contributed by atoms with Crippen molar-refractivity contribution in [3.63, 3.8) is 0 Å². The highest BCUT2D eigenvalue weighted by Gasteiger charge is 2.46. The van der Waals surface area contributed by atoms with E-state index in [2.05, 4.69) is 49.1 Å². The number of carbonyl (C=O) groups is 1. The lowest BCUT2D eigenvalue weighted by Crippen LogP contribution is -2.63. The number of carbonyl (C=O) groups excluding carboxylic acids is 1. The molecule has 1 saturated carbocycles. The van der Waals surface area contributed by atoms with Gasteiger partial charge in [0, 0.05) is 31.0 Å². The van der Waals surface area contributed by atoms with Crippen LogP contribution < -0.4 is 22.1 Å². The summed E-state index contributed by atoms with van der Waals surface area (Å²) in [6.07, 6.45) is 14.2. The van der Waals surface area contributed by atoms with Crippen molar-refractivity contribution >= 4 is 18.0 Å². The van der Waals surface area contributed by atoms with Gasteiger partial charge in [-0.3, -0.25) is 14.7 Å². The van der Waals surface area contributed by atoms with Crippen molar-refractivity contribution in [2.24, 2.45) is 38.7 Å². The Labute approximate surface area is 266 Å². The van der Waals surface area contributed by atoms with E-state index >= 15 is 0 Å². The molecular formula is C35H62FN7O. The highest BCUT2D eigenvalue weighted by molar-refractivity contribution is 5.81. The molecule has 4 rings (SSSR count). The van der Waals surface area contributed by atoms with Gasteiger partial charge >= 0.3 is 0 Å². The van der Waals surface area contributed by atoms with Crippen LogP contribution in [0.1, 0.15) is 124 Å². The maximum Gasteiger partial charge on any atom is 0.228 e. The number of halogens is 1. The predicted octanol–water partition coefficient (Wildman–Crippen LogP) is 5.25. The van der Waals surface area contributed by atoms with Gasteiger partial charge in [-0.1, -0.05) is 59.3 Å². The lowest BCUT2D eigenvalue weighted by Gasteiger charge is -2.44. The van der Waals surface area contributed by atoms with Gasteiger partial charge < -0.3 is 22.1 Å². The Bertz CT molecular complexity index is 1010. The van der Waals surface area contributed by atoms with Crippen molar-refractivity contribution in [2.45, 2.75) is 167 Å². The first-order valence-electron chi connectivity index (χ1n) is 18.0. The Morgan fingerprint density at radius 3 is 2.64 bits per heavy atom. The molecule has 9 unspecified atom stereocenters. The maximum atomic E-state index is 14.9. The van der Waals surface area contributed by atoms with Crippen molar-refractivity contribution in [2.75, 3.05) is 13.2 Å². The highest BCUT2D eigenvalue weighted by atomic mass is 19.1. The third-order valence-corrected chi connectivity index (χ3v) is 11.0. The first-order chi connectivity index (χ1) is 21.2. The Balaban J connectivity index is 1.68. The summed E-state index contributed by atoms with van der Waals surface area (Å²) in [5, 5.41) is 7.06. The van der Waals surface area contributed by atoms with E-state index in [0.717, 1.165) is 96.7 Å². The van der Waals surface area contributed by atoms with Crippen LogP contribution in [0.25, 0.3) is 0 Å². The number of alkyl halides is 1. The van der Waals surface area contributed by atoms with Crippen molar-refractivity contribution < 1.29 is 9.18 Å². The maximum absolute atomic E-state index is 14.9. The molecule has 0 spiro atoms. The Hall–Kier alpha value is -1.64. The summed E-state index contributed by atoms with van der Waals surface area (Å²) in [4.78, 5) is 26.9. The topological polar surface area (TPSA) is 121 Å². The second-order valence-corrected chi connectivity index (χ2v) is 14.4. The zero-order valence-corrected chi connectivity index (χ0v) is 28.1. The average Bonchev–Trinajstić information content (AvgIpc) is 3.48. The third-order valence-electron chi connectivity index (χ3n) is 11.0. The molecule has 9 heteroatoms. The van der Waals surface area contributed by atoms with Crippen molar-refractivity contribution in [1.29, 1.82) is 0 Å². The van der Waals surface area contributed by atoms with Gasteiger partial charge in [0.2, 0.25) is 5.91 Å². The van der Waals surface area contributed by atoms with Crippen LogP contribution in [0.5, 0.6) is 0 Å². The molecule has 8 nitrogen and oxygen atoms in total. The zero-order chi connectivity index (χ0) is 31.7. The molecule has 0 aromatic heterocycles. The molecule has 250 valence electrons. The molecule has 2 fully saturated rings. The minimum Gasteiger partial charge on any atom is -0.349 e. The van der Waals surface area contributed by atoms with Crippen LogP contribution >= 0.6 is 0 Å². The van der Waals surface area contributed by atoms with Crippen LogP contribution in [0.4, 0.5) is 4.39 Å². The van der Waals surface area contributed by atoms with Crippen LogP contribution in [0.3, 0.4) is 0 Å². The van der Waals surface area contributed by atoms with Gasteiger partial charge in [0.15, 0.2) is 0 Å². The van der Waals surface area contributed by atoms with E-state index in [0.29, 0.717) is 24.8 Å². The first-order valence-corrected chi connectivity index (χ1v) is 18.0. The molecule has 3 heterocycles. The molecule has 44 heavy (non-hydrogen) atoms. The fourth-order valence-corrected chi connectivity index (χ4v) is 8.74. The lowest BCUT2D eigenvalue weighted by molar-refractivity contribution is -0.128. The molecule has 9 atom stereocenters. The SMILES string of the molecule is CCCCC1(CCC)CCCC(F)C=NC(C(C(=O)NC2C3CCCCC(CCC)C(=C=N3)C2N2CNCC2C)C(N)N)C1. The Morgan fingerprint density at radius 2 is 1.95 bits per heavy atom. The molecule has 6 N–H and O–H groups in total. The molecule has 0 aromatic carbocycles. The van der Waals surface area contributed by atoms with Crippen LogP contribution in [0.2, 0.25) is 0 Å². The van der Waals surface area contributed by atoms with Crippen LogP contribution in [-0.4, -0.2) is 78.7 Å². The fraction of sp³-hybridized carbons (Fsp3) is 0.886. The average molecular weight is 616 g/mol. The highest BCUT2D eigenvalue weighted by Crippen LogP contribution is 2.43. The number of nitrogens with one attached hydrogen (secondary N) is 2. The number of nitrogens with zero attached hydrogens (tertiary/aromatic N) is 3. The molecule has 1 aliphatic carbocycles. The molecule has 1 amide bonds. The molecule has 4 aliphatic rings. The number of fused-ring (bicyclic) bond motifs is 3. The summed E-state index contributed by atoms with van der Waals surface area (Å²) in [6, 6.07) is -0.379. The van der Waals surface area contributed by atoms with Crippen LogP contribution in [0, 0.1) is 17.3 Å². The Kier molecular flexibility index (Phi) is 13.4. The Morgan fingerprint density at radius 1 is 1.16 bits per heavy atom. The number of unbranched alkanes of at least 4 members (excludes halogenated alkanes) is 1. The summed E-state index contributed by atoms with van der Waals surface area (Å²) >= 11 is 0. The number of amides is 1. The summed E-state index contributed by atoms with van der Waals surface area (Å²) in [5.41, 5.74) is 14.2. The molecule has 1 saturated heterocycles. The standard InChI is InChI=1S/C35H62FN7O/c1-5-8-17-35(16-7-3)18-11-14-26(36)21-40-29(19-35)30(33(37)38)34(44)42-31-28-15-10-9-13-25(12-6-2)27(22-41-28)32(31)43-23-39-20-24(43)4/h21,24-26,28-33,39H,5-20,23,37-38H2,1-4H3,(H,42,44). The normalized spacial score (nSPS) is 35.7. The van der Waals surface area contributed by atoms with Crippen LogP contribution in [0.15, 0.2) is 15.6 Å². The van der Waals surface area contributed by atoms with E-state index in [9.17, 15) is 9.18 Å². The van der Waals surface area contributed by atoms with E-state index < -0.39 is 24.3 Å². The second kappa shape index (κ2) is 16.8. The second-order valence-electron chi connectivity index (χ2n) is 14.4. The van der Waals surface area contributed by atoms with E-state index in [1.165, 1.54) is 11.8 Å². The fourth-order valence-electron chi connectivity index (χ4n) is 8.74. The number of hydrogen-bond donors (Lipinski definition) is 4. The van der Waals surface area contributed by atoms with Gasteiger partial charge in [-0.25, -0.2) is 9.38 Å². The van der Waals surface area contributed by atoms with Crippen molar-refractivity contribution in [3.8, 4) is 0 Å². The molecule has 0 aromatic rings. The number of hydrogen-bond acceptors (Lipinski definition) is 7. The van der Waals surface area contributed by atoms with Gasteiger partial charge in [0.05, 0.1) is 36.3 Å². The molecule has 3 aliphatic heterocycles. The van der Waals surface area contributed by atoms with Gasteiger partial charge in [0.1, 0.15) is 6.17 Å². The molecule has 0 radical (unpaired) electrons. The van der Waals surface area contributed by atoms with E-state index in [1.807, 2.05) is 0 Å². The van der Waals surface area contributed by atoms with Crippen molar-refractivity contribution in [3.05, 3.63) is 5.57 Å². The van der Waals surface area contributed by atoms with E-state index in [4.69, 9.17) is 21.5 Å². The van der Waals surface area contributed by atoms with Gasteiger partial charge in [-0.05, 0) is 81.9 Å². The number of rotatable bonds is 12. The monoisotopic (exact) mass is 615 g/mol. The third kappa shape index (κ3) is 8.58. The van der Waals surface area contributed by atoms with E-state index in [-0.39, 0.29) is 29.4 Å². The summed E-state index contributed by atoms with van der Waals surface area (Å²) in [7, 11) is 0. The lowest BCUT2D eigenvalue weighted by atomic mass is 9.69. The summed E-state index contributed by atoms with van der Waals surface area (Å²) in [5.74, 6) is 3.03. The van der Waals surface area contributed by atoms with Gasteiger partial charge in [-0.2, -0.15) is 0 Å². The quantitative estimate of drug-likeness (QED) is 0.224. The van der Waals surface area contributed by atoms with Gasteiger partial charge in [-0.15, -0.1) is 0 Å². The van der Waals surface area contributed by atoms with Gasteiger partial charge in [0.25, 0.3) is 0 Å². The molecular weight excluding hydrogens is 553 g/mol. The summed E-state index contributed by atoms with van der Waals surface area (Å²) in [6.45, 7) is 10.6. The van der Waals surface area contributed by atoms with Crippen molar-refractivity contribution in [1.82, 2.24) is 15.5 Å². The molecule has 2 bridgehead atoms. The minimum atomic E-state index is -1.12. The smallest absolute Gasteiger partial charge is 0.228 e. The first kappa shape index (κ1) is 35.2. The number of aliphatic imine (C=N–C) groups is 2.